The Hall–Kier alpha value is -3.34. The molecule has 2 aromatic carbocycles. The maximum Gasteiger partial charge on any atom is 0.336 e. The number of nitrogens with one attached hydrogen (secondary N) is 1. The molecular weight excluding hydrogens is 366 g/mol. The van der Waals surface area contributed by atoms with E-state index in [-0.39, 0.29) is 13.2 Å². The maximum absolute atomic E-state index is 12.8. The van der Waals surface area contributed by atoms with Crippen LogP contribution >= 0.6 is 0 Å². The summed E-state index contributed by atoms with van der Waals surface area (Å²) in [5.41, 5.74) is 4.08. The largest absolute Gasteiger partial charge is 0.457 e. The molecule has 0 fully saturated rings. The zero-order valence-corrected chi connectivity index (χ0v) is 16.9. The van der Waals surface area contributed by atoms with Crippen LogP contribution in [-0.2, 0) is 32.3 Å². The molecule has 0 radical (unpaired) electrons. The summed E-state index contributed by atoms with van der Waals surface area (Å²) in [5.74, 6) is -1.30. The van der Waals surface area contributed by atoms with Crippen molar-refractivity contribution in [3.63, 3.8) is 0 Å². The predicted octanol–water partition coefficient (Wildman–Crippen LogP) is 4.26. The third-order valence-corrected chi connectivity index (χ3v) is 4.91. The summed E-state index contributed by atoms with van der Waals surface area (Å²) in [6.45, 7) is 5.81. The Morgan fingerprint density at radius 2 is 1.14 bits per heavy atom. The molecule has 5 nitrogen and oxygen atoms in total. The standard InChI is InChI=1S/C24H25NO4/c1-16-21(23(26)28-14-19-10-6-4-7-11-19)17(2)25-18(3)22(16)24(27)29-15-20-12-8-5-9-13-20/h4-13,16,25H,14-15H2,1-3H3. The highest BCUT2D eigenvalue weighted by Crippen LogP contribution is 2.31. The fraction of sp³-hybridized carbons (Fsp3) is 0.250. The first-order valence-electron chi connectivity index (χ1n) is 9.58. The molecule has 0 aliphatic carbocycles. The molecule has 2 aromatic rings. The zero-order chi connectivity index (χ0) is 20.8. The fourth-order valence-corrected chi connectivity index (χ4v) is 3.47. The lowest BCUT2D eigenvalue weighted by molar-refractivity contribution is -0.141. The highest BCUT2D eigenvalue weighted by atomic mass is 16.5. The number of carbonyl (C=O) groups excluding carboxylic acids is 2. The molecule has 1 heterocycles. The number of hydrogen-bond acceptors (Lipinski definition) is 5. The zero-order valence-electron chi connectivity index (χ0n) is 16.9. The van der Waals surface area contributed by atoms with Gasteiger partial charge >= 0.3 is 11.9 Å². The van der Waals surface area contributed by atoms with E-state index in [0.29, 0.717) is 22.5 Å². The van der Waals surface area contributed by atoms with E-state index in [4.69, 9.17) is 9.47 Å². The van der Waals surface area contributed by atoms with Gasteiger partial charge < -0.3 is 14.8 Å². The highest BCUT2D eigenvalue weighted by Gasteiger charge is 2.33. The second kappa shape index (κ2) is 9.24. The fourth-order valence-electron chi connectivity index (χ4n) is 3.47. The number of dihydropyridines is 1. The number of ether oxygens (including phenoxy) is 2. The molecule has 0 unspecified atom stereocenters. The Balaban J connectivity index is 1.69. The summed E-state index contributed by atoms with van der Waals surface area (Å²) < 4.78 is 11.0. The van der Waals surface area contributed by atoms with Gasteiger partial charge in [-0.3, -0.25) is 0 Å². The van der Waals surface area contributed by atoms with Crippen LogP contribution in [0.15, 0.2) is 83.2 Å². The first-order chi connectivity index (χ1) is 14.0. The van der Waals surface area contributed by atoms with Gasteiger partial charge in [-0.25, -0.2) is 9.59 Å². The molecule has 29 heavy (non-hydrogen) atoms. The molecule has 0 saturated carbocycles. The molecule has 3 rings (SSSR count). The molecule has 150 valence electrons. The van der Waals surface area contributed by atoms with Gasteiger partial charge in [0.2, 0.25) is 0 Å². The topological polar surface area (TPSA) is 64.6 Å². The molecule has 0 aromatic heterocycles. The van der Waals surface area contributed by atoms with Crippen LogP contribution in [0, 0.1) is 5.92 Å². The number of carbonyl (C=O) groups is 2. The molecule has 0 bridgehead atoms. The van der Waals surface area contributed by atoms with Gasteiger partial charge in [0.05, 0.1) is 11.1 Å². The molecule has 0 spiro atoms. The molecule has 0 atom stereocenters. The predicted molar refractivity (Wildman–Crippen MR) is 110 cm³/mol. The molecular formula is C24H25NO4. The van der Waals surface area contributed by atoms with Crippen LogP contribution in [0.5, 0.6) is 0 Å². The highest BCUT2D eigenvalue weighted by molar-refractivity contribution is 5.97. The lowest BCUT2D eigenvalue weighted by Crippen LogP contribution is -2.32. The number of allylic oxidation sites excluding steroid dienone is 2. The van der Waals surface area contributed by atoms with Crippen LogP contribution in [0.3, 0.4) is 0 Å². The second-order valence-corrected chi connectivity index (χ2v) is 7.05. The van der Waals surface area contributed by atoms with Crippen molar-refractivity contribution in [2.45, 2.75) is 34.0 Å². The van der Waals surface area contributed by atoms with Gasteiger partial charge in [-0.05, 0) is 25.0 Å². The first-order valence-corrected chi connectivity index (χ1v) is 9.58. The number of rotatable bonds is 6. The van der Waals surface area contributed by atoms with Gasteiger partial charge in [-0.15, -0.1) is 0 Å². The van der Waals surface area contributed by atoms with Crippen molar-refractivity contribution in [2.24, 2.45) is 5.92 Å². The van der Waals surface area contributed by atoms with Gasteiger partial charge in [0.15, 0.2) is 0 Å². The Morgan fingerprint density at radius 3 is 1.52 bits per heavy atom. The smallest absolute Gasteiger partial charge is 0.336 e. The normalized spacial score (nSPS) is 14.4. The van der Waals surface area contributed by atoms with Crippen LogP contribution < -0.4 is 5.32 Å². The molecule has 1 aliphatic rings. The Bertz CT molecular complexity index is 868. The maximum atomic E-state index is 12.8. The number of hydrogen-bond donors (Lipinski definition) is 1. The van der Waals surface area contributed by atoms with E-state index in [2.05, 4.69) is 5.32 Å². The third-order valence-electron chi connectivity index (χ3n) is 4.91. The van der Waals surface area contributed by atoms with E-state index in [1.807, 2.05) is 81.4 Å². The van der Waals surface area contributed by atoms with E-state index in [9.17, 15) is 9.59 Å². The Morgan fingerprint density at radius 1 is 0.759 bits per heavy atom. The number of benzene rings is 2. The molecule has 0 saturated heterocycles. The summed E-state index contributed by atoms with van der Waals surface area (Å²) >= 11 is 0. The summed E-state index contributed by atoms with van der Waals surface area (Å²) in [6, 6.07) is 19.0. The molecule has 0 amide bonds. The van der Waals surface area contributed by atoms with Crippen molar-refractivity contribution in [2.75, 3.05) is 0 Å². The SMILES string of the molecule is CC1=C(C(=O)OCc2ccccc2)C(C)C(C(=O)OCc2ccccc2)=C(C)N1. The number of esters is 2. The first kappa shape index (κ1) is 20.4. The van der Waals surface area contributed by atoms with Crippen LogP contribution in [0.1, 0.15) is 31.9 Å². The van der Waals surface area contributed by atoms with Gasteiger partial charge in [-0.1, -0.05) is 67.6 Å². The Labute approximate surface area is 171 Å². The van der Waals surface area contributed by atoms with E-state index < -0.39 is 17.9 Å². The van der Waals surface area contributed by atoms with Gasteiger partial charge in [0.25, 0.3) is 0 Å². The van der Waals surface area contributed by atoms with E-state index in [0.717, 1.165) is 11.1 Å². The van der Waals surface area contributed by atoms with Gasteiger partial charge in [-0.2, -0.15) is 0 Å². The van der Waals surface area contributed by atoms with Crippen molar-refractivity contribution in [3.05, 3.63) is 94.3 Å². The van der Waals surface area contributed by atoms with Crippen LogP contribution in [0.2, 0.25) is 0 Å². The average molecular weight is 391 g/mol. The lowest BCUT2D eigenvalue weighted by Gasteiger charge is -2.27. The van der Waals surface area contributed by atoms with Crippen LogP contribution in [0.4, 0.5) is 0 Å². The average Bonchev–Trinajstić information content (AvgIpc) is 2.72. The summed E-state index contributed by atoms with van der Waals surface area (Å²) in [6.07, 6.45) is 0. The van der Waals surface area contributed by atoms with Crippen molar-refractivity contribution < 1.29 is 19.1 Å². The monoisotopic (exact) mass is 391 g/mol. The minimum Gasteiger partial charge on any atom is -0.457 e. The van der Waals surface area contributed by atoms with Gasteiger partial charge in [0, 0.05) is 17.3 Å². The third kappa shape index (κ3) is 4.93. The van der Waals surface area contributed by atoms with Crippen molar-refractivity contribution in [3.8, 4) is 0 Å². The van der Waals surface area contributed by atoms with Crippen molar-refractivity contribution in [1.82, 2.24) is 5.32 Å². The van der Waals surface area contributed by atoms with Crippen molar-refractivity contribution in [1.29, 1.82) is 0 Å². The molecule has 1 N–H and O–H groups in total. The van der Waals surface area contributed by atoms with E-state index in [1.165, 1.54) is 0 Å². The van der Waals surface area contributed by atoms with Crippen LogP contribution in [-0.4, -0.2) is 11.9 Å². The molecule has 1 aliphatic heterocycles. The summed E-state index contributed by atoms with van der Waals surface area (Å²) in [5, 5.41) is 3.13. The Kier molecular flexibility index (Phi) is 6.50. The van der Waals surface area contributed by atoms with Gasteiger partial charge in [0.1, 0.15) is 13.2 Å². The summed E-state index contributed by atoms with van der Waals surface area (Å²) in [4.78, 5) is 25.5. The minimum atomic E-state index is -0.438. The summed E-state index contributed by atoms with van der Waals surface area (Å²) in [7, 11) is 0. The lowest BCUT2D eigenvalue weighted by atomic mass is 9.87. The quantitative estimate of drug-likeness (QED) is 0.746. The molecule has 5 heteroatoms. The second-order valence-electron chi connectivity index (χ2n) is 7.05. The van der Waals surface area contributed by atoms with E-state index >= 15 is 0 Å². The van der Waals surface area contributed by atoms with E-state index in [1.54, 1.807) is 0 Å². The van der Waals surface area contributed by atoms with Crippen molar-refractivity contribution >= 4 is 11.9 Å². The minimum absolute atomic E-state index is 0.180. The van der Waals surface area contributed by atoms with Crippen LogP contribution in [0.25, 0.3) is 0 Å².